The molecule has 0 spiro atoms. The average molecular weight is 343 g/mol. The van der Waals surface area contributed by atoms with E-state index in [0.717, 1.165) is 17.4 Å². The van der Waals surface area contributed by atoms with E-state index in [9.17, 15) is 5.11 Å². The zero-order chi connectivity index (χ0) is 15.3. The van der Waals surface area contributed by atoms with Crippen molar-refractivity contribution in [3.63, 3.8) is 0 Å². The number of hydrogen-bond donors (Lipinski definition) is 2. The lowest BCUT2D eigenvalue weighted by molar-refractivity contribution is 0.0173. The van der Waals surface area contributed by atoms with Crippen LogP contribution >= 0.6 is 15.9 Å². The third-order valence-corrected chi connectivity index (χ3v) is 4.21. The lowest BCUT2D eigenvalue weighted by Crippen LogP contribution is -2.46. The van der Waals surface area contributed by atoms with Crippen LogP contribution in [0.3, 0.4) is 0 Å². The summed E-state index contributed by atoms with van der Waals surface area (Å²) < 4.78 is 1.07. The molecule has 0 radical (unpaired) electrons. The summed E-state index contributed by atoms with van der Waals surface area (Å²) in [6.45, 7) is 9.34. The Morgan fingerprint density at radius 2 is 1.90 bits per heavy atom. The number of benzene rings is 1. The van der Waals surface area contributed by atoms with Gasteiger partial charge in [-0.3, -0.25) is 4.90 Å². The van der Waals surface area contributed by atoms with E-state index >= 15 is 0 Å². The maximum Gasteiger partial charge on any atom is 0.0718 e. The van der Waals surface area contributed by atoms with Crippen molar-refractivity contribution in [1.82, 2.24) is 4.90 Å². The minimum absolute atomic E-state index is 0.0380. The maximum atomic E-state index is 10.1. The quantitative estimate of drug-likeness (QED) is 0.799. The summed E-state index contributed by atoms with van der Waals surface area (Å²) in [5.74, 6) is 0. The zero-order valence-corrected chi connectivity index (χ0v) is 14.5. The number of aliphatic hydroxyl groups is 1. The lowest BCUT2D eigenvalue weighted by Gasteiger charge is -2.38. The Labute approximate surface area is 131 Å². The number of halogens is 1. The Bertz CT molecular complexity index is 417. The minimum atomic E-state index is -0.733. The zero-order valence-electron chi connectivity index (χ0n) is 12.9. The molecule has 0 aliphatic carbocycles. The monoisotopic (exact) mass is 342 g/mol. The molecule has 3 nitrogen and oxygen atoms in total. The van der Waals surface area contributed by atoms with Crippen LogP contribution in [0.25, 0.3) is 0 Å². The van der Waals surface area contributed by atoms with E-state index in [2.05, 4.69) is 40.7 Å². The highest BCUT2D eigenvalue weighted by atomic mass is 79.9. The predicted molar refractivity (Wildman–Crippen MR) is 88.7 cm³/mol. The second-order valence-electron chi connectivity index (χ2n) is 5.91. The van der Waals surface area contributed by atoms with E-state index in [1.807, 2.05) is 32.0 Å². The molecule has 0 saturated carbocycles. The summed E-state index contributed by atoms with van der Waals surface area (Å²) in [7, 11) is 0. The number of nitrogens with zero attached hydrogens (tertiary/aromatic N) is 1. The molecule has 1 aromatic carbocycles. The van der Waals surface area contributed by atoms with Crippen LogP contribution in [0.15, 0.2) is 28.7 Å². The third-order valence-electron chi connectivity index (χ3n) is 3.49. The van der Waals surface area contributed by atoms with E-state index in [-0.39, 0.29) is 12.1 Å². The Balaban J connectivity index is 3.14. The van der Waals surface area contributed by atoms with Crippen LogP contribution in [-0.4, -0.2) is 34.7 Å². The molecule has 2 unspecified atom stereocenters. The molecule has 0 saturated heterocycles. The summed E-state index contributed by atoms with van der Waals surface area (Å²) in [6, 6.07) is 8.34. The van der Waals surface area contributed by atoms with Crippen LogP contribution in [0.5, 0.6) is 0 Å². The van der Waals surface area contributed by atoms with Crippen LogP contribution in [0.2, 0.25) is 0 Å². The van der Waals surface area contributed by atoms with Crippen molar-refractivity contribution in [3.05, 3.63) is 34.3 Å². The molecule has 0 aliphatic heterocycles. The molecule has 20 heavy (non-hydrogen) atoms. The van der Waals surface area contributed by atoms with Crippen molar-refractivity contribution in [2.75, 3.05) is 13.1 Å². The second kappa shape index (κ2) is 7.55. The Hall–Kier alpha value is -0.420. The minimum Gasteiger partial charge on any atom is -0.389 e. The Morgan fingerprint density at radius 1 is 1.30 bits per heavy atom. The Morgan fingerprint density at radius 3 is 2.35 bits per heavy atom. The van der Waals surface area contributed by atoms with Crippen molar-refractivity contribution >= 4 is 15.9 Å². The van der Waals surface area contributed by atoms with Gasteiger partial charge in [0.2, 0.25) is 0 Å². The summed E-state index contributed by atoms with van der Waals surface area (Å²) in [6.07, 6.45) is 0.897. The fourth-order valence-corrected chi connectivity index (χ4v) is 3.06. The van der Waals surface area contributed by atoms with Gasteiger partial charge in [-0.15, -0.1) is 0 Å². The van der Waals surface area contributed by atoms with Gasteiger partial charge in [0.05, 0.1) is 11.6 Å². The molecule has 1 aromatic rings. The van der Waals surface area contributed by atoms with Gasteiger partial charge in [0, 0.05) is 17.1 Å². The van der Waals surface area contributed by atoms with Gasteiger partial charge in [-0.1, -0.05) is 48.0 Å². The van der Waals surface area contributed by atoms with Crippen molar-refractivity contribution in [3.8, 4) is 0 Å². The van der Waals surface area contributed by atoms with Gasteiger partial charge in [-0.2, -0.15) is 0 Å². The van der Waals surface area contributed by atoms with Gasteiger partial charge >= 0.3 is 0 Å². The topological polar surface area (TPSA) is 49.5 Å². The van der Waals surface area contributed by atoms with Gasteiger partial charge in [0.1, 0.15) is 0 Å². The fourth-order valence-electron chi connectivity index (χ4n) is 2.54. The fraction of sp³-hybridized carbons (Fsp3) is 0.625. The average Bonchev–Trinajstić information content (AvgIpc) is 2.38. The maximum absolute atomic E-state index is 10.1. The number of nitrogens with two attached hydrogens (primary N) is 1. The van der Waals surface area contributed by atoms with Gasteiger partial charge in [0.15, 0.2) is 0 Å². The third kappa shape index (κ3) is 4.85. The number of hydrogen-bond acceptors (Lipinski definition) is 3. The molecule has 3 N–H and O–H groups in total. The van der Waals surface area contributed by atoms with E-state index in [1.165, 1.54) is 5.56 Å². The Kier molecular flexibility index (Phi) is 6.65. The predicted octanol–water partition coefficient (Wildman–Crippen LogP) is 3.32. The first-order chi connectivity index (χ1) is 9.30. The summed E-state index contributed by atoms with van der Waals surface area (Å²) in [5.41, 5.74) is 6.82. The van der Waals surface area contributed by atoms with E-state index in [0.29, 0.717) is 6.54 Å². The standard InChI is InChI=1S/C16H27BrN2O/c1-5-14(18)15(12-9-7-8-10-13(12)17)19(6-2)11-16(3,4)20/h7-10,14-15,20H,5-6,11,18H2,1-4H3. The molecular formula is C16H27BrN2O. The van der Waals surface area contributed by atoms with Crippen molar-refractivity contribution in [1.29, 1.82) is 0 Å². The molecule has 4 heteroatoms. The first kappa shape index (κ1) is 17.6. The molecule has 0 heterocycles. The number of likely N-dealkylation sites (N-methyl/N-ethyl adjacent to an activating group) is 1. The molecule has 0 aromatic heterocycles. The van der Waals surface area contributed by atoms with Crippen LogP contribution in [0.4, 0.5) is 0 Å². The van der Waals surface area contributed by atoms with Gasteiger partial charge in [0.25, 0.3) is 0 Å². The largest absolute Gasteiger partial charge is 0.389 e. The first-order valence-corrected chi connectivity index (χ1v) is 8.05. The SMILES string of the molecule is CCC(N)C(c1ccccc1Br)N(CC)CC(C)(C)O. The molecule has 0 amide bonds. The van der Waals surface area contributed by atoms with E-state index in [4.69, 9.17) is 5.73 Å². The first-order valence-electron chi connectivity index (χ1n) is 7.26. The molecule has 0 aliphatic rings. The highest BCUT2D eigenvalue weighted by Crippen LogP contribution is 2.31. The smallest absolute Gasteiger partial charge is 0.0718 e. The van der Waals surface area contributed by atoms with Gasteiger partial charge < -0.3 is 10.8 Å². The molecule has 0 bridgehead atoms. The van der Waals surface area contributed by atoms with Crippen molar-refractivity contribution < 1.29 is 5.11 Å². The van der Waals surface area contributed by atoms with Gasteiger partial charge in [-0.25, -0.2) is 0 Å². The molecular weight excluding hydrogens is 316 g/mol. The van der Waals surface area contributed by atoms with E-state index < -0.39 is 5.60 Å². The number of rotatable bonds is 7. The molecule has 0 fully saturated rings. The van der Waals surface area contributed by atoms with Crippen molar-refractivity contribution in [2.24, 2.45) is 5.73 Å². The molecule has 2 atom stereocenters. The summed E-state index contributed by atoms with van der Waals surface area (Å²) >= 11 is 3.63. The van der Waals surface area contributed by atoms with Crippen LogP contribution in [0, 0.1) is 0 Å². The highest BCUT2D eigenvalue weighted by Gasteiger charge is 2.29. The summed E-state index contributed by atoms with van der Waals surface area (Å²) in [5, 5.41) is 10.1. The van der Waals surface area contributed by atoms with Gasteiger partial charge in [-0.05, 0) is 38.4 Å². The summed E-state index contributed by atoms with van der Waals surface area (Å²) in [4.78, 5) is 2.26. The normalized spacial score (nSPS) is 15.4. The van der Waals surface area contributed by atoms with E-state index in [1.54, 1.807) is 0 Å². The van der Waals surface area contributed by atoms with Crippen molar-refractivity contribution in [2.45, 2.75) is 51.8 Å². The van der Waals surface area contributed by atoms with Crippen LogP contribution in [-0.2, 0) is 0 Å². The lowest BCUT2D eigenvalue weighted by atomic mass is 9.95. The molecule has 114 valence electrons. The molecule has 1 rings (SSSR count). The van der Waals surface area contributed by atoms with Crippen LogP contribution in [0.1, 0.15) is 45.7 Å². The highest BCUT2D eigenvalue weighted by molar-refractivity contribution is 9.10. The van der Waals surface area contributed by atoms with Crippen LogP contribution < -0.4 is 5.73 Å². The second-order valence-corrected chi connectivity index (χ2v) is 6.77.